The lowest BCUT2D eigenvalue weighted by Crippen LogP contribution is -2.29. The molecule has 164 valence electrons. The zero-order valence-corrected chi connectivity index (χ0v) is 19.2. The van der Waals surface area contributed by atoms with Crippen LogP contribution in [0.5, 0.6) is 5.75 Å². The van der Waals surface area contributed by atoms with E-state index in [0.29, 0.717) is 24.7 Å². The number of hydrogen-bond acceptors (Lipinski definition) is 7. The molecule has 10 heteroatoms. The van der Waals surface area contributed by atoms with Crippen LogP contribution < -0.4 is 10.1 Å². The minimum Gasteiger partial charge on any atom is -0.492 e. The lowest BCUT2D eigenvalue weighted by molar-refractivity contribution is -0.118. The molecule has 4 rings (SSSR count). The summed E-state index contributed by atoms with van der Waals surface area (Å²) in [6, 6.07) is 11.2. The molecule has 1 saturated heterocycles. The van der Waals surface area contributed by atoms with E-state index >= 15 is 0 Å². The summed E-state index contributed by atoms with van der Waals surface area (Å²) in [5, 5.41) is 15.0. The Morgan fingerprint density at radius 1 is 1.32 bits per heavy atom. The van der Waals surface area contributed by atoms with Crippen molar-refractivity contribution in [2.75, 3.05) is 25.5 Å². The second kappa shape index (κ2) is 11.0. The number of thioether (sulfide) groups is 1. The number of nitrogens with zero attached hydrogens (tertiary/aromatic N) is 3. The van der Waals surface area contributed by atoms with Crippen molar-refractivity contribution in [3.8, 4) is 16.5 Å². The Morgan fingerprint density at radius 2 is 2.19 bits per heavy atom. The average molecular weight is 479 g/mol. The largest absolute Gasteiger partial charge is 0.492 e. The van der Waals surface area contributed by atoms with E-state index in [-0.39, 0.29) is 17.8 Å². The van der Waals surface area contributed by atoms with E-state index in [0.717, 1.165) is 41.1 Å². The second-order valence-corrected chi connectivity index (χ2v) is 9.30. The van der Waals surface area contributed by atoms with Crippen molar-refractivity contribution in [2.24, 2.45) is 0 Å². The quantitative estimate of drug-likeness (QED) is 0.349. The summed E-state index contributed by atoms with van der Waals surface area (Å²) in [6.45, 7) is 2.30. The van der Waals surface area contributed by atoms with Gasteiger partial charge in [0, 0.05) is 11.6 Å². The summed E-state index contributed by atoms with van der Waals surface area (Å²) in [4.78, 5) is 13.3. The average Bonchev–Trinajstić information content (AvgIpc) is 3.54. The summed E-state index contributed by atoms with van der Waals surface area (Å²) in [7, 11) is 0. The van der Waals surface area contributed by atoms with Gasteiger partial charge in [-0.2, -0.15) is 0 Å². The lowest BCUT2D eigenvalue weighted by Gasteiger charge is -2.14. The van der Waals surface area contributed by atoms with Gasteiger partial charge in [-0.05, 0) is 48.6 Å². The van der Waals surface area contributed by atoms with Crippen LogP contribution in [0.15, 0.2) is 46.9 Å². The van der Waals surface area contributed by atoms with E-state index in [9.17, 15) is 4.79 Å². The molecule has 1 unspecified atom stereocenters. The molecule has 1 fully saturated rings. The number of nitrogens with one attached hydrogen (secondary N) is 1. The zero-order chi connectivity index (χ0) is 21.5. The molecular formula is C21H23ClN4O3S2. The number of rotatable bonds is 10. The molecule has 0 spiro atoms. The van der Waals surface area contributed by atoms with Gasteiger partial charge in [0.1, 0.15) is 12.4 Å². The predicted molar refractivity (Wildman–Crippen MR) is 123 cm³/mol. The maximum atomic E-state index is 12.3. The summed E-state index contributed by atoms with van der Waals surface area (Å²) in [5.41, 5.74) is 0. The molecule has 2 aromatic heterocycles. The van der Waals surface area contributed by atoms with Crippen molar-refractivity contribution in [3.63, 3.8) is 0 Å². The first-order chi connectivity index (χ1) is 15.2. The van der Waals surface area contributed by atoms with Gasteiger partial charge in [-0.25, -0.2) is 0 Å². The molecule has 1 amide bonds. The van der Waals surface area contributed by atoms with E-state index in [2.05, 4.69) is 20.1 Å². The lowest BCUT2D eigenvalue weighted by atomic mass is 10.2. The molecular weight excluding hydrogens is 456 g/mol. The predicted octanol–water partition coefficient (Wildman–Crippen LogP) is 4.13. The highest BCUT2D eigenvalue weighted by atomic mass is 35.5. The van der Waals surface area contributed by atoms with E-state index in [1.54, 1.807) is 35.6 Å². The molecule has 0 saturated carbocycles. The van der Waals surface area contributed by atoms with Gasteiger partial charge in [-0.15, -0.1) is 21.5 Å². The van der Waals surface area contributed by atoms with Crippen molar-refractivity contribution < 1.29 is 14.3 Å². The molecule has 1 aliphatic rings. The maximum Gasteiger partial charge on any atom is 0.230 e. The first-order valence-electron chi connectivity index (χ1n) is 10.1. The summed E-state index contributed by atoms with van der Waals surface area (Å²) >= 11 is 8.86. The summed E-state index contributed by atoms with van der Waals surface area (Å²) in [6.07, 6.45) is 2.26. The number of amides is 1. The van der Waals surface area contributed by atoms with E-state index in [1.165, 1.54) is 11.8 Å². The first-order valence-corrected chi connectivity index (χ1v) is 12.3. The molecule has 0 aliphatic carbocycles. The minimum absolute atomic E-state index is 0.0750. The number of aromatic nitrogens is 3. The number of ether oxygens (including phenoxy) is 2. The van der Waals surface area contributed by atoms with Gasteiger partial charge < -0.3 is 14.8 Å². The van der Waals surface area contributed by atoms with E-state index in [1.807, 2.05) is 17.5 Å². The van der Waals surface area contributed by atoms with Crippen LogP contribution in [0, 0.1) is 0 Å². The molecule has 1 atom stereocenters. The van der Waals surface area contributed by atoms with Crippen LogP contribution in [-0.2, 0) is 16.1 Å². The van der Waals surface area contributed by atoms with Crippen LogP contribution >= 0.6 is 34.7 Å². The molecule has 0 bridgehead atoms. The highest BCUT2D eigenvalue weighted by Crippen LogP contribution is 2.29. The fraction of sp³-hybridized carbons (Fsp3) is 0.381. The SMILES string of the molecule is O=C(CSc1nnc(-c2cccs2)n1CC1CCCO1)NCCOc1ccc(Cl)cc1. The van der Waals surface area contributed by atoms with Crippen molar-refractivity contribution in [1.29, 1.82) is 0 Å². The van der Waals surface area contributed by atoms with Gasteiger partial charge in [-0.3, -0.25) is 9.36 Å². The van der Waals surface area contributed by atoms with Crippen LogP contribution in [0.25, 0.3) is 10.7 Å². The summed E-state index contributed by atoms with van der Waals surface area (Å²) < 4.78 is 13.5. The van der Waals surface area contributed by atoms with Crippen molar-refractivity contribution >= 4 is 40.6 Å². The number of halogens is 1. The molecule has 0 radical (unpaired) electrons. The fourth-order valence-electron chi connectivity index (χ4n) is 3.21. The molecule has 1 aliphatic heterocycles. The van der Waals surface area contributed by atoms with E-state index in [4.69, 9.17) is 21.1 Å². The normalized spacial score (nSPS) is 15.8. The van der Waals surface area contributed by atoms with Crippen LogP contribution in [0.2, 0.25) is 5.02 Å². The van der Waals surface area contributed by atoms with Gasteiger partial charge in [-0.1, -0.05) is 29.4 Å². The summed E-state index contributed by atoms with van der Waals surface area (Å²) in [5.74, 6) is 1.73. The number of carbonyl (C=O) groups is 1. The Morgan fingerprint density at radius 3 is 2.94 bits per heavy atom. The Bertz CT molecular complexity index is 973. The number of benzene rings is 1. The Labute approximate surface area is 194 Å². The fourth-order valence-corrected chi connectivity index (χ4v) is 4.83. The van der Waals surface area contributed by atoms with Gasteiger partial charge in [0.2, 0.25) is 5.91 Å². The third-order valence-electron chi connectivity index (χ3n) is 4.71. The van der Waals surface area contributed by atoms with Crippen molar-refractivity contribution in [2.45, 2.75) is 30.6 Å². The number of carbonyl (C=O) groups excluding carboxylic acids is 1. The highest BCUT2D eigenvalue weighted by Gasteiger charge is 2.22. The van der Waals surface area contributed by atoms with Crippen molar-refractivity contribution in [3.05, 3.63) is 46.8 Å². The third-order valence-corrected chi connectivity index (χ3v) is 6.79. The molecule has 31 heavy (non-hydrogen) atoms. The molecule has 3 aromatic rings. The van der Waals surface area contributed by atoms with Gasteiger partial charge in [0.05, 0.1) is 29.8 Å². The zero-order valence-electron chi connectivity index (χ0n) is 16.8. The molecule has 1 aromatic carbocycles. The van der Waals surface area contributed by atoms with Crippen molar-refractivity contribution in [1.82, 2.24) is 20.1 Å². The van der Waals surface area contributed by atoms with Crippen LogP contribution in [0.1, 0.15) is 12.8 Å². The Hall–Kier alpha value is -2.07. The second-order valence-electron chi connectivity index (χ2n) is 6.97. The van der Waals surface area contributed by atoms with Gasteiger partial charge in [0.25, 0.3) is 0 Å². The van der Waals surface area contributed by atoms with Gasteiger partial charge >= 0.3 is 0 Å². The Kier molecular flexibility index (Phi) is 7.85. The molecule has 1 N–H and O–H groups in total. The highest BCUT2D eigenvalue weighted by molar-refractivity contribution is 7.99. The minimum atomic E-state index is -0.0750. The molecule has 7 nitrogen and oxygen atoms in total. The first kappa shape index (κ1) is 22.1. The monoisotopic (exact) mass is 478 g/mol. The number of thiophene rings is 1. The number of hydrogen-bond donors (Lipinski definition) is 1. The third kappa shape index (κ3) is 6.22. The Balaban J connectivity index is 1.29. The molecule has 3 heterocycles. The van der Waals surface area contributed by atoms with E-state index < -0.39 is 0 Å². The maximum absolute atomic E-state index is 12.3. The topological polar surface area (TPSA) is 78.3 Å². The standard InChI is InChI=1S/C21H23ClN4O3S2/c22-15-5-7-16(8-6-15)29-11-9-23-19(27)14-31-21-25-24-20(18-4-2-12-30-18)26(21)13-17-3-1-10-28-17/h2,4-8,12,17H,1,3,9-11,13-14H2,(H,23,27). The van der Waals surface area contributed by atoms with Crippen LogP contribution in [-0.4, -0.2) is 52.3 Å². The van der Waals surface area contributed by atoms with Gasteiger partial charge in [0.15, 0.2) is 11.0 Å². The smallest absolute Gasteiger partial charge is 0.230 e. The van der Waals surface area contributed by atoms with Crippen LogP contribution in [0.4, 0.5) is 0 Å². The van der Waals surface area contributed by atoms with Crippen LogP contribution in [0.3, 0.4) is 0 Å².